The van der Waals surface area contributed by atoms with E-state index in [4.69, 9.17) is 91.1 Å². The third kappa shape index (κ3) is 28.5. The first-order chi connectivity index (χ1) is 45.2. The van der Waals surface area contributed by atoms with Crippen LogP contribution in [0.2, 0.25) is 30.8 Å². The van der Waals surface area contributed by atoms with Gasteiger partial charge in [-0.25, -0.2) is 24.7 Å². The van der Waals surface area contributed by atoms with Crippen LogP contribution in [0.4, 0.5) is 57.4 Å². The van der Waals surface area contributed by atoms with Gasteiger partial charge in [0, 0.05) is 61.7 Å². The number of benzene rings is 6. The Labute approximate surface area is 670 Å². The quantitative estimate of drug-likeness (QED) is 0.00565. The van der Waals surface area contributed by atoms with Crippen LogP contribution < -0.4 is 146 Å². The molecule has 28 nitrogen and oxygen atoms in total. The fraction of sp³-hybridized carbons (Fsp3) is 0.115. The number of rotatable bonds is 13. The summed E-state index contributed by atoms with van der Waals surface area (Å²) in [6.45, 7) is 5.26. The number of ether oxygens (including phenoxy) is 1. The molecule has 9 aromatic rings. The van der Waals surface area contributed by atoms with Crippen molar-refractivity contribution in [2.45, 2.75) is 33.6 Å². The van der Waals surface area contributed by atoms with E-state index in [2.05, 4.69) is 66.1 Å². The molecule has 1 aliphatic rings. The molecular formula is C61H55Cl6K2N15O13. The van der Waals surface area contributed by atoms with Crippen molar-refractivity contribution in [2.24, 2.45) is 0 Å². The number of nitrogens with two attached hydrogens (primary N) is 2. The van der Waals surface area contributed by atoms with Crippen LogP contribution in [-0.4, -0.2) is 89.9 Å². The van der Waals surface area contributed by atoms with Crippen LogP contribution in [0.1, 0.15) is 72.9 Å². The summed E-state index contributed by atoms with van der Waals surface area (Å²) in [6.07, 6.45) is 4.84. The van der Waals surface area contributed by atoms with Crippen molar-refractivity contribution in [3.63, 3.8) is 0 Å². The Morgan fingerprint density at radius 2 is 1.07 bits per heavy atom. The van der Waals surface area contributed by atoms with Crippen molar-refractivity contribution in [1.82, 2.24) is 40.5 Å². The van der Waals surface area contributed by atoms with E-state index in [0.717, 1.165) is 16.7 Å². The summed E-state index contributed by atoms with van der Waals surface area (Å²) in [4.78, 5) is 112. The maximum Gasteiger partial charge on any atom is 1.00 e. The van der Waals surface area contributed by atoms with Crippen LogP contribution in [0.5, 0.6) is 0 Å². The monoisotopic (exact) mass is 1490 g/mol. The number of esters is 2. The van der Waals surface area contributed by atoms with Crippen LogP contribution in [0.3, 0.4) is 0 Å². The van der Waals surface area contributed by atoms with Gasteiger partial charge in [-0.3, -0.25) is 44.2 Å². The predicted molar refractivity (Wildman–Crippen MR) is 360 cm³/mol. The Morgan fingerprint density at radius 3 is 1.57 bits per heavy atom. The molecular weight excluding hydrogens is 1440 g/mol. The summed E-state index contributed by atoms with van der Waals surface area (Å²) < 4.78 is 4.43. The second kappa shape index (κ2) is 44.5. The van der Waals surface area contributed by atoms with Gasteiger partial charge in [0.15, 0.2) is 22.6 Å². The fourth-order valence-electron chi connectivity index (χ4n) is 7.26. The van der Waals surface area contributed by atoms with Crippen LogP contribution in [0.15, 0.2) is 152 Å². The van der Waals surface area contributed by atoms with Crippen molar-refractivity contribution >= 4 is 163 Å². The van der Waals surface area contributed by atoms with Gasteiger partial charge in [-0.05, 0) is 96.2 Å². The molecule has 36 heteroatoms. The van der Waals surface area contributed by atoms with E-state index < -0.39 is 21.8 Å². The number of nitrogens with one attached hydrogen (secondary N) is 5. The smallest absolute Gasteiger partial charge is 1.00 e. The number of Topliss-reactive ketones (excluding diaryl/α,β-unsaturated/α-hetero) is 1. The van der Waals surface area contributed by atoms with E-state index in [9.17, 15) is 44.2 Å². The van der Waals surface area contributed by atoms with E-state index >= 15 is 0 Å². The fourth-order valence-corrected chi connectivity index (χ4v) is 8.07. The predicted octanol–water partition coefficient (Wildman–Crippen LogP) is 6.35. The van der Waals surface area contributed by atoms with Crippen molar-refractivity contribution in [1.29, 1.82) is 0 Å². The number of halogens is 6. The number of ketones is 1. The molecule has 0 radical (unpaired) electrons. The maximum absolute atomic E-state index is 12.1. The number of non-ortho nitro benzene ring substituents is 2. The second-order valence-corrected chi connectivity index (χ2v) is 20.6. The number of para-hydroxylation sites is 3. The van der Waals surface area contributed by atoms with Gasteiger partial charge >= 0.3 is 115 Å². The molecule has 0 unspecified atom stereocenters. The minimum absolute atomic E-state index is 0. The van der Waals surface area contributed by atoms with E-state index in [1.165, 1.54) is 42.9 Å². The maximum atomic E-state index is 12.1. The van der Waals surface area contributed by atoms with Crippen LogP contribution in [-0.2, 0) is 25.6 Å². The zero-order valence-corrected chi connectivity index (χ0v) is 63.0. The Hall–Kier alpha value is -7.45. The van der Waals surface area contributed by atoms with E-state index in [1.807, 2.05) is 19.1 Å². The molecule has 0 spiro atoms. The number of cyclic esters (lactones) is 2. The standard InChI is InChI=1S/C19H17ClN6O3.C12H10Cl2N4O.C9H11NO.C9H6O3.C7H8N2O2.C4HCl3N2.CH2O3.2K.H/c1-11-7-8-12(26(28)29)9-16(11)24-19-22-10-14(20)17(25-19)23-15-6-4-3-5-13(15)18(27)21-2;1-15-11(19)7-4-2-3-5-9(7)17-10-8(13)6-16-12(14)18-10;1-2-9(11)7-5-3-4-6-8(7)10;10-8-5-6-3-1-2-4-7(6)9(11)12-8;1-5-2-3-6(9(10)11)4-7(5)8;5-2-1-8-4(7)9-3(2)6;2-1-4-3;;;/h3-10H,1-2H3,(H,21,27)(H2,22,23,24,25);2-6H,1H3,(H,15,19)(H,16,17,18);3-6H,2,10H2,1H3;1-4H,5H2;2-4H,8H2,1H3;1H;1,3H;;;/q;;;;;;;2*+1;-1/p-1. The number of nitrogens with zero attached hydrogens (tertiary/aromatic N) is 8. The molecule has 2 amide bonds. The third-order valence-corrected chi connectivity index (χ3v) is 13.6. The molecule has 97 heavy (non-hydrogen) atoms. The summed E-state index contributed by atoms with van der Waals surface area (Å²) in [5.74, 6) is -0.564. The average Bonchev–Trinajstić information content (AvgIpc) is 0.838. The summed E-state index contributed by atoms with van der Waals surface area (Å²) >= 11 is 34.1. The van der Waals surface area contributed by atoms with Crippen molar-refractivity contribution in [3.8, 4) is 0 Å². The van der Waals surface area contributed by atoms with Gasteiger partial charge in [0.1, 0.15) is 10.0 Å². The van der Waals surface area contributed by atoms with Crippen molar-refractivity contribution < 1.29 is 158 Å². The van der Waals surface area contributed by atoms with Crippen LogP contribution in [0.25, 0.3) is 0 Å². The number of fused-ring (bicyclic) bond motifs is 1. The minimum Gasteiger partial charge on any atom is -1.00 e. The Kier molecular flexibility index (Phi) is 39.3. The topological polar surface area (TPSA) is 420 Å². The molecule has 0 saturated heterocycles. The number of nitro groups is 2. The molecule has 3 aromatic heterocycles. The van der Waals surface area contributed by atoms with E-state index in [-0.39, 0.29) is 179 Å². The van der Waals surface area contributed by atoms with Gasteiger partial charge in [0.25, 0.3) is 29.7 Å². The van der Waals surface area contributed by atoms with Gasteiger partial charge in [-0.2, -0.15) is 9.97 Å². The first-order valence-corrected chi connectivity index (χ1v) is 29.2. The molecule has 0 bridgehead atoms. The molecule has 4 heterocycles. The largest absolute Gasteiger partial charge is 1.00 e. The molecule has 1 aliphatic heterocycles. The summed E-state index contributed by atoms with van der Waals surface area (Å²) in [6, 6.07) is 36.9. The summed E-state index contributed by atoms with van der Waals surface area (Å²) in [5, 5.41) is 45.0. The number of aryl methyl sites for hydroxylation is 2. The molecule has 6 aromatic carbocycles. The van der Waals surface area contributed by atoms with Crippen molar-refractivity contribution in [3.05, 3.63) is 242 Å². The zero-order chi connectivity index (χ0) is 70.3. The number of amides is 2. The first kappa shape index (κ1) is 85.6. The molecule has 0 saturated carbocycles. The molecule has 0 atom stereocenters. The number of nitro benzene ring substituents is 2. The number of carbonyl (C=O) groups is 6. The van der Waals surface area contributed by atoms with Gasteiger partial charge in [-0.15, -0.1) is 0 Å². The normalized spacial score (nSPS) is 10.2. The Bertz CT molecular complexity index is 4240. The van der Waals surface area contributed by atoms with Gasteiger partial charge in [0.2, 0.25) is 16.5 Å². The number of anilines is 8. The van der Waals surface area contributed by atoms with E-state index in [0.29, 0.717) is 73.0 Å². The number of carbonyl (C=O) groups excluding carboxylic acids is 6. The minimum atomic E-state index is -0.540. The molecule has 496 valence electrons. The SMILES string of the molecule is CCC(=O)c1ccccc1N.CNC(=O)c1ccccc1Nc1nc(Cl)ncc1Cl.CNC(=O)c1ccccc1Nc1nc(Nc2cc([N+](=O)[O-])ccc2C)ncc1Cl.Cc1ccc([N+](=O)[O-])cc1N.Clc1ncc(Cl)c(Cl)n1.O=C1Cc2ccccc2C(=O)O1.O=CO[O-].[H-].[K+].[K+]. The summed E-state index contributed by atoms with van der Waals surface area (Å²) in [7, 11) is 3.10. The van der Waals surface area contributed by atoms with Crippen molar-refractivity contribution in [2.75, 3.05) is 41.5 Å². The number of nitrogen functional groups attached to an aromatic ring is 2. The van der Waals surface area contributed by atoms with Crippen LogP contribution >= 0.6 is 69.6 Å². The molecule has 0 fully saturated rings. The number of aromatic nitrogens is 6. The van der Waals surface area contributed by atoms with E-state index in [1.54, 1.807) is 125 Å². The number of hydrogen-bond acceptors (Lipinski definition) is 24. The Morgan fingerprint density at radius 1 is 0.608 bits per heavy atom. The molecule has 0 aliphatic carbocycles. The molecule has 10 rings (SSSR count). The van der Waals surface area contributed by atoms with Gasteiger partial charge in [-0.1, -0.05) is 120 Å². The van der Waals surface area contributed by atoms with Crippen LogP contribution in [0, 0.1) is 34.1 Å². The van der Waals surface area contributed by atoms with Gasteiger partial charge < -0.3 is 54.4 Å². The average molecular weight is 1500 g/mol. The summed E-state index contributed by atoms with van der Waals surface area (Å²) in [5.41, 5.74) is 18.1. The Balaban J connectivity index is 0.000000607. The third-order valence-electron chi connectivity index (χ3n) is 12.0. The second-order valence-electron chi connectivity index (χ2n) is 18.3. The zero-order valence-electron chi connectivity index (χ0n) is 53.2. The number of hydrogen-bond donors (Lipinski definition) is 7. The molecule has 9 N–H and O–H groups in total. The first-order valence-electron chi connectivity index (χ1n) is 26.9. The van der Waals surface area contributed by atoms with Gasteiger partial charge in [0.05, 0.1) is 73.6 Å².